The number of carbonyl (C=O) groups is 1. The molecule has 1 amide bonds. The van der Waals surface area contributed by atoms with Crippen LogP contribution in [-0.2, 0) is 11.2 Å². The number of piperidine rings is 1. The van der Waals surface area contributed by atoms with Crippen molar-refractivity contribution in [2.75, 3.05) is 22.9 Å². The topological polar surface area (TPSA) is 49.3 Å². The molecule has 5 nitrogen and oxygen atoms in total. The third-order valence-corrected chi connectivity index (χ3v) is 6.63. The van der Waals surface area contributed by atoms with E-state index in [2.05, 4.69) is 22.0 Å². The SMILES string of the molecule is CC1CCc2cc(F)ccc2N1C(=O)C1CCCN(c2ccc(-c3ccccc3)nn2)C1. The van der Waals surface area contributed by atoms with Crippen molar-refractivity contribution in [1.29, 1.82) is 0 Å². The molecule has 0 bridgehead atoms. The number of benzene rings is 2. The molecule has 1 saturated heterocycles. The van der Waals surface area contributed by atoms with Gasteiger partial charge in [0.05, 0.1) is 11.6 Å². The molecule has 2 aromatic carbocycles. The van der Waals surface area contributed by atoms with Crippen LogP contribution in [0, 0.1) is 11.7 Å². The number of hydrogen-bond acceptors (Lipinski definition) is 4. The summed E-state index contributed by atoms with van der Waals surface area (Å²) >= 11 is 0. The van der Waals surface area contributed by atoms with Crippen LogP contribution < -0.4 is 9.80 Å². The third-order valence-electron chi connectivity index (χ3n) is 6.63. The first-order valence-corrected chi connectivity index (χ1v) is 11.4. The van der Waals surface area contributed by atoms with E-state index in [0.29, 0.717) is 6.54 Å². The van der Waals surface area contributed by atoms with E-state index in [0.717, 1.165) is 60.6 Å². The number of aryl methyl sites for hydroxylation is 1. The summed E-state index contributed by atoms with van der Waals surface area (Å²) in [5.74, 6) is 0.574. The van der Waals surface area contributed by atoms with Crippen molar-refractivity contribution in [3.05, 3.63) is 72.0 Å². The highest BCUT2D eigenvalue weighted by Gasteiger charge is 2.35. The number of carbonyl (C=O) groups excluding carboxylic acids is 1. The predicted octanol–water partition coefficient (Wildman–Crippen LogP) is 4.87. The summed E-state index contributed by atoms with van der Waals surface area (Å²) in [4.78, 5) is 17.7. The lowest BCUT2D eigenvalue weighted by atomic mass is 9.91. The number of aromatic nitrogens is 2. The number of nitrogens with zero attached hydrogens (tertiary/aromatic N) is 4. The summed E-state index contributed by atoms with van der Waals surface area (Å²) in [6.45, 7) is 3.57. The van der Waals surface area contributed by atoms with Crippen LogP contribution in [0.25, 0.3) is 11.3 Å². The maximum Gasteiger partial charge on any atom is 0.232 e. The van der Waals surface area contributed by atoms with Crippen molar-refractivity contribution in [1.82, 2.24) is 10.2 Å². The Bertz CT molecular complexity index is 1100. The van der Waals surface area contributed by atoms with Gasteiger partial charge in [-0.1, -0.05) is 30.3 Å². The van der Waals surface area contributed by atoms with Gasteiger partial charge in [-0.2, -0.15) is 0 Å². The molecule has 2 unspecified atom stereocenters. The van der Waals surface area contributed by atoms with Crippen molar-refractivity contribution in [3.8, 4) is 11.3 Å². The minimum atomic E-state index is -0.243. The molecule has 0 aliphatic carbocycles. The zero-order valence-electron chi connectivity index (χ0n) is 18.2. The molecule has 2 aliphatic rings. The van der Waals surface area contributed by atoms with Crippen molar-refractivity contribution < 1.29 is 9.18 Å². The van der Waals surface area contributed by atoms with Crippen LogP contribution in [-0.4, -0.2) is 35.2 Å². The molecule has 2 aliphatic heterocycles. The van der Waals surface area contributed by atoms with E-state index in [1.54, 1.807) is 12.1 Å². The Morgan fingerprint density at radius 3 is 2.66 bits per heavy atom. The third kappa shape index (κ3) is 3.97. The quantitative estimate of drug-likeness (QED) is 0.595. The molecule has 32 heavy (non-hydrogen) atoms. The Morgan fingerprint density at radius 1 is 1.03 bits per heavy atom. The lowest BCUT2D eigenvalue weighted by molar-refractivity contribution is -0.123. The van der Waals surface area contributed by atoms with Crippen LogP contribution in [0.2, 0.25) is 0 Å². The normalized spacial score (nSPS) is 20.7. The lowest BCUT2D eigenvalue weighted by Gasteiger charge is -2.40. The molecule has 0 saturated carbocycles. The Kier molecular flexibility index (Phi) is 5.60. The zero-order chi connectivity index (χ0) is 22.1. The van der Waals surface area contributed by atoms with Gasteiger partial charge in [0.25, 0.3) is 0 Å². The molecule has 5 rings (SSSR count). The molecular formula is C26H27FN4O. The molecule has 0 N–H and O–H groups in total. The Hall–Kier alpha value is -3.28. The molecule has 3 heterocycles. The maximum absolute atomic E-state index is 13.7. The highest BCUT2D eigenvalue weighted by Crippen LogP contribution is 2.34. The van der Waals surface area contributed by atoms with E-state index in [-0.39, 0.29) is 23.7 Å². The molecule has 1 aromatic heterocycles. The monoisotopic (exact) mass is 430 g/mol. The van der Waals surface area contributed by atoms with Crippen LogP contribution in [0.1, 0.15) is 31.7 Å². The summed E-state index contributed by atoms with van der Waals surface area (Å²) < 4.78 is 13.7. The van der Waals surface area contributed by atoms with E-state index in [4.69, 9.17) is 0 Å². The van der Waals surface area contributed by atoms with Crippen LogP contribution in [0.15, 0.2) is 60.7 Å². The maximum atomic E-state index is 13.7. The number of rotatable bonds is 3. The van der Waals surface area contributed by atoms with E-state index in [1.807, 2.05) is 47.4 Å². The van der Waals surface area contributed by atoms with Crippen molar-refractivity contribution in [2.45, 2.75) is 38.6 Å². The largest absolute Gasteiger partial charge is 0.354 e. The first-order valence-electron chi connectivity index (χ1n) is 11.4. The van der Waals surface area contributed by atoms with Crippen molar-refractivity contribution >= 4 is 17.4 Å². The van der Waals surface area contributed by atoms with Gasteiger partial charge < -0.3 is 9.80 Å². The smallest absolute Gasteiger partial charge is 0.232 e. The molecule has 2 atom stereocenters. The van der Waals surface area contributed by atoms with Gasteiger partial charge in [0.1, 0.15) is 5.82 Å². The summed E-state index contributed by atoms with van der Waals surface area (Å²) in [6, 6.07) is 18.9. The molecule has 0 radical (unpaired) electrons. The fraction of sp³-hybridized carbons (Fsp3) is 0.346. The van der Waals surface area contributed by atoms with Gasteiger partial charge in [-0.25, -0.2) is 4.39 Å². The van der Waals surface area contributed by atoms with E-state index < -0.39 is 0 Å². The molecule has 164 valence electrons. The molecular weight excluding hydrogens is 403 g/mol. The second-order valence-corrected chi connectivity index (χ2v) is 8.80. The summed E-state index contributed by atoms with van der Waals surface area (Å²) in [5.41, 5.74) is 3.66. The van der Waals surface area contributed by atoms with Crippen LogP contribution in [0.3, 0.4) is 0 Å². The number of anilines is 2. The number of halogens is 1. The van der Waals surface area contributed by atoms with Gasteiger partial charge in [0, 0.05) is 30.4 Å². The Balaban J connectivity index is 1.34. The molecule has 6 heteroatoms. The second kappa shape index (κ2) is 8.69. The highest BCUT2D eigenvalue weighted by atomic mass is 19.1. The standard InChI is InChI=1S/C26H27FN4O/c1-18-9-10-20-16-22(27)11-13-24(20)31(18)26(32)21-8-5-15-30(17-21)25-14-12-23(28-29-25)19-6-3-2-4-7-19/h2-4,6-7,11-14,16,18,21H,5,8-10,15,17H2,1H3. The fourth-order valence-corrected chi connectivity index (χ4v) is 4.90. The van der Waals surface area contributed by atoms with Gasteiger partial charge in [-0.05, 0) is 68.5 Å². The fourth-order valence-electron chi connectivity index (χ4n) is 4.90. The minimum Gasteiger partial charge on any atom is -0.354 e. The van der Waals surface area contributed by atoms with Gasteiger partial charge in [-0.3, -0.25) is 4.79 Å². The van der Waals surface area contributed by atoms with Crippen LogP contribution in [0.4, 0.5) is 15.9 Å². The predicted molar refractivity (Wildman–Crippen MR) is 124 cm³/mol. The van der Waals surface area contributed by atoms with Crippen molar-refractivity contribution in [3.63, 3.8) is 0 Å². The van der Waals surface area contributed by atoms with Gasteiger partial charge in [0.15, 0.2) is 5.82 Å². The van der Waals surface area contributed by atoms with E-state index >= 15 is 0 Å². The molecule has 1 fully saturated rings. The van der Waals surface area contributed by atoms with Gasteiger partial charge in [-0.15, -0.1) is 10.2 Å². The van der Waals surface area contributed by atoms with Crippen LogP contribution in [0.5, 0.6) is 0 Å². The second-order valence-electron chi connectivity index (χ2n) is 8.80. The molecule has 3 aromatic rings. The van der Waals surface area contributed by atoms with E-state index in [1.165, 1.54) is 6.07 Å². The Morgan fingerprint density at radius 2 is 1.88 bits per heavy atom. The van der Waals surface area contributed by atoms with Crippen molar-refractivity contribution in [2.24, 2.45) is 5.92 Å². The van der Waals surface area contributed by atoms with Gasteiger partial charge in [0.2, 0.25) is 5.91 Å². The summed E-state index contributed by atoms with van der Waals surface area (Å²) in [7, 11) is 0. The zero-order valence-corrected chi connectivity index (χ0v) is 18.2. The first kappa shape index (κ1) is 20.6. The van der Waals surface area contributed by atoms with Crippen LogP contribution >= 0.6 is 0 Å². The number of hydrogen-bond donors (Lipinski definition) is 0. The minimum absolute atomic E-state index is 0.112. The molecule has 0 spiro atoms. The number of amides is 1. The first-order chi connectivity index (χ1) is 15.6. The summed E-state index contributed by atoms with van der Waals surface area (Å²) in [6.07, 6.45) is 3.44. The van der Waals surface area contributed by atoms with E-state index in [9.17, 15) is 9.18 Å². The van der Waals surface area contributed by atoms with Gasteiger partial charge >= 0.3 is 0 Å². The number of fused-ring (bicyclic) bond motifs is 1. The Labute approximate surface area is 187 Å². The average molecular weight is 431 g/mol. The highest BCUT2D eigenvalue weighted by molar-refractivity contribution is 5.97. The average Bonchev–Trinajstić information content (AvgIpc) is 2.84. The summed E-state index contributed by atoms with van der Waals surface area (Å²) in [5, 5.41) is 8.87. The lowest BCUT2D eigenvalue weighted by Crippen LogP contribution is -2.49.